The molecular formula is C27H30N4. The summed E-state index contributed by atoms with van der Waals surface area (Å²) in [5, 5.41) is 10.6. The molecule has 2 heterocycles. The summed E-state index contributed by atoms with van der Waals surface area (Å²) in [7, 11) is 4.17. The lowest BCUT2D eigenvalue weighted by atomic mass is 10.0. The lowest BCUT2D eigenvalue weighted by molar-refractivity contribution is 0.268. The fourth-order valence-corrected chi connectivity index (χ4v) is 5.02. The van der Waals surface area contributed by atoms with Gasteiger partial charge in [0.25, 0.3) is 0 Å². The van der Waals surface area contributed by atoms with Gasteiger partial charge in [-0.15, -0.1) is 0 Å². The van der Waals surface area contributed by atoms with Gasteiger partial charge in [-0.05, 0) is 87.6 Å². The Morgan fingerprint density at radius 3 is 2.45 bits per heavy atom. The Morgan fingerprint density at radius 2 is 1.77 bits per heavy atom. The molecule has 5 rings (SSSR count). The van der Waals surface area contributed by atoms with Gasteiger partial charge in [0.1, 0.15) is 0 Å². The van der Waals surface area contributed by atoms with Crippen LogP contribution < -0.4 is 0 Å². The van der Waals surface area contributed by atoms with Crippen molar-refractivity contribution in [1.82, 2.24) is 14.8 Å². The van der Waals surface area contributed by atoms with Crippen molar-refractivity contribution < 1.29 is 0 Å². The minimum Gasteiger partial charge on any atom is -0.305 e. The molecule has 1 saturated heterocycles. The first kappa shape index (κ1) is 20.2. The molecule has 0 bridgehead atoms. The summed E-state index contributed by atoms with van der Waals surface area (Å²) in [5.41, 5.74) is 6.32. The van der Waals surface area contributed by atoms with E-state index < -0.39 is 0 Å². The molecule has 3 aromatic rings. The molecule has 0 N–H and O–H groups in total. The molecule has 31 heavy (non-hydrogen) atoms. The van der Waals surface area contributed by atoms with Crippen LogP contribution in [0.2, 0.25) is 0 Å². The molecule has 158 valence electrons. The zero-order valence-electron chi connectivity index (χ0n) is 18.5. The third kappa shape index (κ3) is 4.49. The van der Waals surface area contributed by atoms with E-state index in [1.807, 2.05) is 12.1 Å². The summed E-state index contributed by atoms with van der Waals surface area (Å²) in [6, 6.07) is 19.2. The SMILES string of the molecule is CN(C)Cc1ccc(-c2cc(CN3CCC4CC4CC3)c3ccc(C#N)cc3n2)cc1. The van der Waals surface area contributed by atoms with Crippen molar-refractivity contribution in [1.29, 1.82) is 5.26 Å². The molecule has 2 aromatic carbocycles. The van der Waals surface area contributed by atoms with Crippen LogP contribution in [-0.2, 0) is 13.1 Å². The maximum absolute atomic E-state index is 9.39. The number of likely N-dealkylation sites (tertiary alicyclic amines) is 1. The minimum atomic E-state index is 0.666. The van der Waals surface area contributed by atoms with Gasteiger partial charge in [0.05, 0.1) is 22.8 Å². The molecule has 4 nitrogen and oxygen atoms in total. The zero-order chi connectivity index (χ0) is 21.4. The van der Waals surface area contributed by atoms with E-state index in [-0.39, 0.29) is 0 Å². The van der Waals surface area contributed by atoms with E-state index in [4.69, 9.17) is 4.98 Å². The van der Waals surface area contributed by atoms with E-state index in [0.29, 0.717) is 5.56 Å². The number of benzene rings is 2. The average molecular weight is 411 g/mol. The van der Waals surface area contributed by atoms with Crippen molar-refractivity contribution in [2.75, 3.05) is 27.2 Å². The number of hydrogen-bond donors (Lipinski definition) is 0. The number of nitriles is 1. The summed E-state index contributed by atoms with van der Waals surface area (Å²) < 4.78 is 0. The Labute approximate surface area is 185 Å². The number of pyridine rings is 1. The highest BCUT2D eigenvalue weighted by molar-refractivity contribution is 5.86. The highest BCUT2D eigenvalue weighted by atomic mass is 15.1. The van der Waals surface area contributed by atoms with E-state index in [1.165, 1.54) is 48.9 Å². The van der Waals surface area contributed by atoms with E-state index in [1.54, 1.807) is 0 Å². The van der Waals surface area contributed by atoms with Crippen LogP contribution in [0.15, 0.2) is 48.5 Å². The van der Waals surface area contributed by atoms with Gasteiger partial charge >= 0.3 is 0 Å². The van der Waals surface area contributed by atoms with E-state index in [9.17, 15) is 5.26 Å². The molecule has 4 heteroatoms. The normalized spacial score (nSPS) is 21.0. The smallest absolute Gasteiger partial charge is 0.0992 e. The molecule has 2 aliphatic rings. The predicted molar refractivity (Wildman–Crippen MR) is 125 cm³/mol. The minimum absolute atomic E-state index is 0.666. The van der Waals surface area contributed by atoms with Crippen LogP contribution in [0, 0.1) is 23.2 Å². The van der Waals surface area contributed by atoms with Crippen molar-refractivity contribution in [2.45, 2.75) is 32.4 Å². The number of hydrogen-bond acceptors (Lipinski definition) is 4. The van der Waals surface area contributed by atoms with Gasteiger partial charge in [-0.1, -0.05) is 30.3 Å². The van der Waals surface area contributed by atoms with E-state index >= 15 is 0 Å². The molecule has 2 fully saturated rings. The van der Waals surface area contributed by atoms with E-state index in [2.05, 4.69) is 66.4 Å². The zero-order valence-corrected chi connectivity index (χ0v) is 18.5. The summed E-state index contributed by atoms with van der Waals surface area (Å²) in [5.74, 6) is 1.96. The summed E-state index contributed by atoms with van der Waals surface area (Å²) >= 11 is 0. The third-order valence-electron chi connectivity index (χ3n) is 6.87. The fourth-order valence-electron chi connectivity index (χ4n) is 5.02. The van der Waals surface area contributed by atoms with Crippen molar-refractivity contribution in [2.24, 2.45) is 11.8 Å². The van der Waals surface area contributed by atoms with Crippen molar-refractivity contribution in [3.8, 4) is 17.3 Å². The van der Waals surface area contributed by atoms with Gasteiger partial charge in [0.15, 0.2) is 0 Å². The van der Waals surface area contributed by atoms with Gasteiger partial charge in [0.2, 0.25) is 0 Å². The molecule has 1 aliphatic heterocycles. The number of fused-ring (bicyclic) bond motifs is 2. The lowest BCUT2D eigenvalue weighted by Gasteiger charge is -2.22. The predicted octanol–water partition coefficient (Wildman–Crippen LogP) is 5.07. The highest BCUT2D eigenvalue weighted by Crippen LogP contribution is 2.45. The van der Waals surface area contributed by atoms with Crippen LogP contribution in [0.4, 0.5) is 0 Å². The molecule has 1 aromatic heterocycles. The van der Waals surface area contributed by atoms with Gasteiger partial charge in [-0.25, -0.2) is 4.98 Å². The second kappa shape index (κ2) is 8.42. The van der Waals surface area contributed by atoms with Crippen molar-refractivity contribution in [3.05, 3.63) is 65.2 Å². The van der Waals surface area contributed by atoms with Gasteiger partial charge in [-0.3, -0.25) is 4.90 Å². The molecular weight excluding hydrogens is 380 g/mol. The largest absolute Gasteiger partial charge is 0.305 e. The Bertz CT molecular complexity index is 1110. The van der Waals surface area contributed by atoms with Crippen LogP contribution in [0.3, 0.4) is 0 Å². The second-order valence-corrected chi connectivity index (χ2v) is 9.55. The third-order valence-corrected chi connectivity index (χ3v) is 6.87. The summed E-state index contributed by atoms with van der Waals surface area (Å²) in [6.07, 6.45) is 4.13. The van der Waals surface area contributed by atoms with Crippen LogP contribution >= 0.6 is 0 Å². The van der Waals surface area contributed by atoms with Crippen LogP contribution in [0.1, 0.15) is 36.0 Å². The van der Waals surface area contributed by atoms with Crippen LogP contribution in [0.25, 0.3) is 22.2 Å². The van der Waals surface area contributed by atoms with Gasteiger partial charge in [-0.2, -0.15) is 5.26 Å². The standard InChI is InChI=1S/C27H30N4/c1-30(2)17-19-3-6-21(7-4-19)26-15-24(18-31-11-9-22-14-23(22)10-12-31)25-8-5-20(16-28)13-27(25)29-26/h3-8,13,15,22-23H,9-12,14,17-18H2,1-2H3. The van der Waals surface area contributed by atoms with Crippen LogP contribution in [-0.4, -0.2) is 42.0 Å². The second-order valence-electron chi connectivity index (χ2n) is 9.55. The first-order chi connectivity index (χ1) is 15.1. The first-order valence-electron chi connectivity index (χ1n) is 11.4. The maximum Gasteiger partial charge on any atom is 0.0992 e. The molecule has 0 spiro atoms. The quantitative estimate of drug-likeness (QED) is 0.589. The number of nitrogens with zero attached hydrogens (tertiary/aromatic N) is 4. The number of rotatable bonds is 5. The van der Waals surface area contributed by atoms with Crippen molar-refractivity contribution in [3.63, 3.8) is 0 Å². The Morgan fingerprint density at radius 1 is 1.03 bits per heavy atom. The summed E-state index contributed by atoms with van der Waals surface area (Å²) in [6.45, 7) is 4.26. The van der Waals surface area contributed by atoms with Crippen molar-refractivity contribution >= 4 is 10.9 Å². The number of aromatic nitrogens is 1. The molecule has 0 amide bonds. The van der Waals surface area contributed by atoms with Gasteiger partial charge in [0, 0.05) is 24.0 Å². The highest BCUT2D eigenvalue weighted by Gasteiger charge is 2.38. The first-order valence-corrected chi connectivity index (χ1v) is 11.4. The maximum atomic E-state index is 9.39. The Kier molecular flexibility index (Phi) is 5.48. The van der Waals surface area contributed by atoms with Crippen LogP contribution in [0.5, 0.6) is 0 Å². The lowest BCUT2D eigenvalue weighted by Crippen LogP contribution is -2.25. The monoisotopic (exact) mass is 410 g/mol. The molecule has 2 atom stereocenters. The molecule has 1 saturated carbocycles. The average Bonchev–Trinajstić information content (AvgIpc) is 3.54. The topological polar surface area (TPSA) is 43.2 Å². The molecule has 0 radical (unpaired) electrons. The Hall–Kier alpha value is -2.74. The summed E-state index contributed by atoms with van der Waals surface area (Å²) in [4.78, 5) is 9.75. The Balaban J connectivity index is 1.50. The van der Waals surface area contributed by atoms with E-state index in [0.717, 1.165) is 41.7 Å². The molecule has 2 unspecified atom stereocenters. The van der Waals surface area contributed by atoms with Gasteiger partial charge < -0.3 is 4.90 Å². The fraction of sp³-hybridized carbons (Fsp3) is 0.407. The molecule has 1 aliphatic carbocycles.